The molecule has 27 heavy (non-hydrogen) atoms. The third-order valence-corrected chi connectivity index (χ3v) is 6.32. The van der Waals surface area contributed by atoms with E-state index in [9.17, 15) is 9.59 Å². The summed E-state index contributed by atoms with van der Waals surface area (Å²) >= 11 is 30.8. The van der Waals surface area contributed by atoms with Crippen molar-refractivity contribution < 1.29 is 19.1 Å². The summed E-state index contributed by atoms with van der Waals surface area (Å²) in [6, 6.07) is 0. The van der Waals surface area contributed by atoms with Crippen molar-refractivity contribution in [2.24, 2.45) is 0 Å². The number of rotatable bonds is 6. The molecule has 0 spiro atoms. The van der Waals surface area contributed by atoms with Crippen molar-refractivity contribution in [3.63, 3.8) is 0 Å². The second-order valence-corrected chi connectivity index (χ2v) is 7.78. The highest BCUT2D eigenvalue weighted by Gasteiger charge is 2.22. The summed E-state index contributed by atoms with van der Waals surface area (Å²) in [6.45, 7) is 3.10. The average molecular weight is 493 g/mol. The summed E-state index contributed by atoms with van der Waals surface area (Å²) in [5, 5.41) is 2.48. The number of amides is 1. The Kier molecular flexibility index (Phi) is 7.85. The van der Waals surface area contributed by atoms with Crippen LogP contribution in [0.1, 0.15) is 22.3 Å². The molecule has 0 aliphatic rings. The Morgan fingerprint density at radius 1 is 1.04 bits per heavy atom. The van der Waals surface area contributed by atoms with E-state index in [1.165, 1.54) is 0 Å². The molecule has 0 aliphatic heterocycles. The fourth-order valence-corrected chi connectivity index (χ4v) is 3.95. The number of aryl methyl sites for hydroxylation is 1. The lowest BCUT2D eigenvalue weighted by atomic mass is 10.3. The van der Waals surface area contributed by atoms with Gasteiger partial charge in [0.05, 0.1) is 27.4 Å². The minimum Gasteiger partial charge on any atom is -0.481 e. The molecule has 2 rings (SSSR count). The molecule has 0 atom stereocenters. The summed E-state index contributed by atoms with van der Waals surface area (Å²) < 4.78 is 10.2. The minimum absolute atomic E-state index is 0.0186. The number of carbonyl (C=O) groups excluding carboxylic acids is 2. The largest absolute Gasteiger partial charge is 0.481 e. The van der Waals surface area contributed by atoms with Gasteiger partial charge in [-0.1, -0.05) is 69.3 Å². The highest BCUT2D eigenvalue weighted by Crippen LogP contribution is 2.48. The lowest BCUT2D eigenvalue weighted by Crippen LogP contribution is -2.20. The van der Waals surface area contributed by atoms with E-state index in [0.717, 1.165) is 11.3 Å². The van der Waals surface area contributed by atoms with Gasteiger partial charge in [0.1, 0.15) is 14.9 Å². The van der Waals surface area contributed by atoms with Crippen molar-refractivity contribution in [3.8, 4) is 5.75 Å². The van der Waals surface area contributed by atoms with Crippen LogP contribution in [-0.4, -0.2) is 30.1 Å². The second-order valence-electron chi connectivity index (χ2n) is 4.89. The zero-order chi connectivity index (χ0) is 20.3. The highest BCUT2D eigenvalue weighted by molar-refractivity contribution is 7.17. The van der Waals surface area contributed by atoms with E-state index >= 15 is 0 Å². The third kappa shape index (κ3) is 5.10. The first-order valence-electron chi connectivity index (χ1n) is 7.25. The molecule has 1 amide bonds. The van der Waals surface area contributed by atoms with Crippen molar-refractivity contribution in [1.29, 1.82) is 0 Å². The Hall–Kier alpha value is -0.960. The first-order chi connectivity index (χ1) is 12.7. The normalized spacial score (nSPS) is 10.6. The molecule has 1 aromatic carbocycles. The number of carbonyl (C=O) groups is 2. The summed E-state index contributed by atoms with van der Waals surface area (Å²) in [4.78, 5) is 28.3. The van der Waals surface area contributed by atoms with Gasteiger partial charge in [-0.2, -0.15) is 0 Å². The topological polar surface area (TPSA) is 77.5 Å². The van der Waals surface area contributed by atoms with Gasteiger partial charge in [-0.25, -0.2) is 9.78 Å². The molecular weight excluding hydrogens is 482 g/mol. The van der Waals surface area contributed by atoms with Crippen LogP contribution in [0.15, 0.2) is 0 Å². The molecule has 1 aromatic heterocycles. The molecule has 0 radical (unpaired) electrons. The Morgan fingerprint density at radius 3 is 2.15 bits per heavy atom. The van der Waals surface area contributed by atoms with Gasteiger partial charge in [0.15, 0.2) is 17.5 Å². The number of aromatic nitrogens is 1. The third-order valence-electron chi connectivity index (χ3n) is 3.02. The van der Waals surface area contributed by atoms with Crippen LogP contribution in [0.25, 0.3) is 0 Å². The smallest absolute Gasteiger partial charge is 0.350 e. The summed E-state index contributed by atoms with van der Waals surface area (Å²) in [7, 11) is 0. The van der Waals surface area contributed by atoms with E-state index in [-0.39, 0.29) is 42.6 Å². The molecule has 0 unspecified atom stereocenters. The van der Waals surface area contributed by atoms with E-state index < -0.39 is 18.5 Å². The number of ether oxygens (including phenoxy) is 2. The number of nitrogens with one attached hydrogen (secondary N) is 1. The van der Waals surface area contributed by atoms with Crippen LogP contribution in [0.2, 0.25) is 25.1 Å². The molecule has 2 aromatic rings. The molecule has 0 aliphatic carbocycles. The fraction of sp³-hybridized carbons (Fsp3) is 0.267. The van der Waals surface area contributed by atoms with Crippen LogP contribution in [0.4, 0.5) is 5.13 Å². The number of benzene rings is 1. The quantitative estimate of drug-likeness (QED) is 0.308. The predicted molar refractivity (Wildman–Crippen MR) is 108 cm³/mol. The van der Waals surface area contributed by atoms with E-state index in [4.69, 9.17) is 67.5 Å². The van der Waals surface area contributed by atoms with Gasteiger partial charge in [0.2, 0.25) is 0 Å². The maximum absolute atomic E-state index is 12.1. The molecule has 12 heteroatoms. The maximum Gasteiger partial charge on any atom is 0.350 e. The fourth-order valence-electron chi connectivity index (χ4n) is 1.84. The lowest BCUT2D eigenvalue weighted by molar-refractivity contribution is -0.118. The van der Waals surface area contributed by atoms with Gasteiger partial charge in [0, 0.05) is 0 Å². The highest BCUT2D eigenvalue weighted by atomic mass is 35.5. The Balaban J connectivity index is 2.08. The number of nitrogens with zero attached hydrogens (tertiary/aromatic N) is 1. The first-order valence-corrected chi connectivity index (χ1v) is 9.96. The number of hydrogen-bond acceptors (Lipinski definition) is 6. The molecule has 146 valence electrons. The van der Waals surface area contributed by atoms with Crippen LogP contribution >= 0.6 is 69.3 Å². The number of hydrogen-bond donors (Lipinski definition) is 1. The second kappa shape index (κ2) is 9.49. The van der Waals surface area contributed by atoms with Crippen molar-refractivity contribution in [2.45, 2.75) is 13.8 Å². The molecule has 0 bridgehead atoms. The maximum atomic E-state index is 12.1. The predicted octanol–water partition coefficient (Wildman–Crippen LogP) is 5.91. The van der Waals surface area contributed by atoms with Crippen LogP contribution in [0.5, 0.6) is 5.75 Å². The number of anilines is 1. The van der Waals surface area contributed by atoms with E-state index in [0.29, 0.717) is 10.6 Å². The molecule has 6 nitrogen and oxygen atoms in total. The van der Waals surface area contributed by atoms with E-state index in [1.807, 2.05) is 0 Å². The Bertz CT molecular complexity index is 874. The van der Waals surface area contributed by atoms with Crippen molar-refractivity contribution in [3.05, 3.63) is 35.7 Å². The lowest BCUT2D eigenvalue weighted by Gasteiger charge is -2.13. The molecule has 0 saturated heterocycles. The summed E-state index contributed by atoms with van der Waals surface area (Å²) in [5.74, 6) is -1.14. The van der Waals surface area contributed by atoms with Gasteiger partial charge in [-0.3, -0.25) is 10.1 Å². The molecule has 0 saturated carbocycles. The molecule has 1 N–H and O–H groups in total. The van der Waals surface area contributed by atoms with Gasteiger partial charge in [-0.15, -0.1) is 0 Å². The van der Waals surface area contributed by atoms with Gasteiger partial charge in [-0.05, 0) is 13.8 Å². The van der Waals surface area contributed by atoms with Crippen LogP contribution in [-0.2, 0) is 9.53 Å². The zero-order valence-electron chi connectivity index (χ0n) is 13.8. The molecule has 0 fully saturated rings. The number of thiazole rings is 1. The van der Waals surface area contributed by atoms with Gasteiger partial charge < -0.3 is 9.47 Å². The average Bonchev–Trinajstić information content (AvgIpc) is 2.98. The first kappa shape index (κ1) is 22.3. The zero-order valence-corrected chi connectivity index (χ0v) is 18.4. The van der Waals surface area contributed by atoms with Crippen molar-refractivity contribution in [1.82, 2.24) is 4.98 Å². The van der Waals surface area contributed by atoms with E-state index in [2.05, 4.69) is 10.3 Å². The van der Waals surface area contributed by atoms with Crippen molar-refractivity contribution >= 4 is 86.3 Å². The SMILES string of the molecule is CCOC(=O)c1sc(NC(=O)COc2c(Cl)c(Cl)c(Cl)c(Cl)c2Cl)nc1C. The molecule has 1 heterocycles. The number of esters is 1. The van der Waals surface area contributed by atoms with Crippen LogP contribution < -0.4 is 10.1 Å². The summed E-state index contributed by atoms with van der Waals surface area (Å²) in [5.41, 5.74) is 0.442. The monoisotopic (exact) mass is 490 g/mol. The minimum atomic E-state index is -0.562. The van der Waals surface area contributed by atoms with Gasteiger partial charge in [0.25, 0.3) is 5.91 Å². The van der Waals surface area contributed by atoms with Crippen LogP contribution in [0, 0.1) is 6.92 Å². The van der Waals surface area contributed by atoms with Gasteiger partial charge >= 0.3 is 5.97 Å². The Morgan fingerprint density at radius 2 is 1.59 bits per heavy atom. The standard InChI is InChI=1S/C15H11Cl5N2O4S/c1-3-25-14(24)13-5(2)21-15(27-13)22-6(23)4-26-12-10(19)8(17)7(16)9(18)11(12)20/h3-4H2,1-2H3,(H,21,22,23). The van der Waals surface area contributed by atoms with E-state index in [1.54, 1.807) is 13.8 Å². The van der Waals surface area contributed by atoms with Crippen molar-refractivity contribution in [2.75, 3.05) is 18.5 Å². The number of halogens is 5. The summed E-state index contributed by atoms with van der Waals surface area (Å²) in [6.07, 6.45) is 0. The van der Waals surface area contributed by atoms with Crippen LogP contribution in [0.3, 0.4) is 0 Å². The molecular formula is C15H11Cl5N2O4S. The Labute approximate surface area is 183 Å².